The van der Waals surface area contributed by atoms with Crippen molar-refractivity contribution >= 4 is 18.0 Å². The predicted octanol–water partition coefficient (Wildman–Crippen LogP) is 2.50. The first-order valence-electron chi connectivity index (χ1n) is 9.85. The molecule has 0 aliphatic heterocycles. The third-order valence-electron chi connectivity index (χ3n) is 5.16. The monoisotopic (exact) mass is 410 g/mol. The first-order valence-corrected chi connectivity index (χ1v) is 9.85. The average molecular weight is 410 g/mol. The molecule has 0 radical (unpaired) electrons. The van der Waals surface area contributed by atoms with Gasteiger partial charge in [0, 0.05) is 19.5 Å². The van der Waals surface area contributed by atoms with Crippen LogP contribution in [0.5, 0.6) is 0 Å². The van der Waals surface area contributed by atoms with Crippen molar-refractivity contribution < 1.29 is 19.4 Å². The number of carbonyl (C=O) groups is 2. The molecule has 0 aromatic heterocycles. The highest BCUT2D eigenvalue weighted by Gasteiger charge is 2.29. The van der Waals surface area contributed by atoms with E-state index in [4.69, 9.17) is 10.1 Å². The highest BCUT2D eigenvalue weighted by atomic mass is 16.5. The van der Waals surface area contributed by atoms with Gasteiger partial charge >= 0.3 is 12.1 Å². The van der Waals surface area contributed by atoms with E-state index in [-0.39, 0.29) is 24.9 Å². The van der Waals surface area contributed by atoms with Gasteiger partial charge in [-0.1, -0.05) is 48.5 Å². The van der Waals surface area contributed by atoms with Crippen molar-refractivity contribution in [2.45, 2.75) is 24.8 Å². The van der Waals surface area contributed by atoms with Gasteiger partial charge in [0.15, 0.2) is 5.96 Å². The molecule has 0 saturated carbocycles. The van der Waals surface area contributed by atoms with Crippen LogP contribution in [0.4, 0.5) is 4.79 Å². The van der Waals surface area contributed by atoms with Crippen molar-refractivity contribution in [3.05, 3.63) is 59.7 Å². The number of carboxylic acid groups (broad SMARTS) is 1. The summed E-state index contributed by atoms with van der Waals surface area (Å²) in [6.07, 6.45) is -0.0472. The molecule has 8 nitrogen and oxygen atoms in total. The van der Waals surface area contributed by atoms with Crippen LogP contribution in [0.2, 0.25) is 0 Å². The Kier molecular flexibility index (Phi) is 6.90. The van der Waals surface area contributed by atoms with Gasteiger partial charge in [0.2, 0.25) is 0 Å². The van der Waals surface area contributed by atoms with Gasteiger partial charge in [0.25, 0.3) is 0 Å². The van der Waals surface area contributed by atoms with Gasteiger partial charge in [-0.3, -0.25) is 5.41 Å². The number of amides is 1. The minimum atomic E-state index is -1.12. The van der Waals surface area contributed by atoms with Crippen molar-refractivity contribution in [2.75, 3.05) is 20.2 Å². The third-order valence-corrected chi connectivity index (χ3v) is 5.16. The van der Waals surface area contributed by atoms with E-state index in [1.165, 1.54) is 0 Å². The summed E-state index contributed by atoms with van der Waals surface area (Å²) >= 11 is 0. The molecular weight excluding hydrogens is 384 g/mol. The maximum absolute atomic E-state index is 12.3. The number of carbonyl (C=O) groups excluding carboxylic acids is 1. The van der Waals surface area contributed by atoms with Crippen LogP contribution in [-0.4, -0.2) is 49.4 Å². The standard InChI is InChI=1S/C22H26N4O4/c1-24-21(23)25-12-6-11-19(20(27)28)26-22(29)30-13-18-16-9-4-2-7-14(16)15-8-3-5-10-17(15)18/h2-5,7-10,18-19H,6,11-13H2,1H3,(H,26,29)(H,27,28)(H3,23,24,25)/t19-/m1/s1. The Balaban J connectivity index is 1.56. The summed E-state index contributed by atoms with van der Waals surface area (Å²) in [6.45, 7) is 0.558. The molecule has 30 heavy (non-hydrogen) atoms. The second-order valence-electron chi connectivity index (χ2n) is 7.05. The molecule has 0 bridgehead atoms. The highest BCUT2D eigenvalue weighted by Crippen LogP contribution is 2.44. The Hall–Kier alpha value is -3.55. The fraction of sp³-hybridized carbons (Fsp3) is 0.318. The summed E-state index contributed by atoms with van der Waals surface area (Å²) in [5.41, 5.74) is 4.45. The Morgan fingerprint density at radius 2 is 1.70 bits per heavy atom. The normalized spacial score (nSPS) is 13.0. The zero-order valence-corrected chi connectivity index (χ0v) is 16.8. The fourth-order valence-electron chi connectivity index (χ4n) is 3.65. The average Bonchev–Trinajstić information content (AvgIpc) is 3.07. The quantitative estimate of drug-likeness (QED) is 0.259. The van der Waals surface area contributed by atoms with E-state index in [0.717, 1.165) is 22.3 Å². The Morgan fingerprint density at radius 3 is 2.27 bits per heavy atom. The summed E-state index contributed by atoms with van der Waals surface area (Å²) < 4.78 is 5.41. The van der Waals surface area contributed by atoms with Crippen LogP contribution in [0.3, 0.4) is 0 Å². The van der Waals surface area contributed by atoms with E-state index in [1.54, 1.807) is 7.05 Å². The van der Waals surface area contributed by atoms with Gasteiger partial charge in [-0.2, -0.15) is 0 Å². The van der Waals surface area contributed by atoms with Gasteiger partial charge in [-0.05, 0) is 35.1 Å². The molecule has 5 N–H and O–H groups in total. The van der Waals surface area contributed by atoms with Crippen LogP contribution < -0.4 is 16.0 Å². The fourth-order valence-corrected chi connectivity index (χ4v) is 3.65. The number of hydrogen-bond acceptors (Lipinski definition) is 4. The summed E-state index contributed by atoms with van der Waals surface area (Å²) in [5.74, 6) is -1.04. The molecule has 1 aliphatic rings. The first-order chi connectivity index (χ1) is 14.5. The van der Waals surface area contributed by atoms with E-state index in [1.807, 2.05) is 36.4 Å². The molecule has 8 heteroatoms. The zero-order valence-electron chi connectivity index (χ0n) is 16.8. The van der Waals surface area contributed by atoms with Crippen molar-refractivity contribution in [3.63, 3.8) is 0 Å². The molecule has 2 aromatic carbocycles. The van der Waals surface area contributed by atoms with Gasteiger partial charge in [0.1, 0.15) is 12.6 Å². The van der Waals surface area contributed by atoms with E-state index < -0.39 is 18.1 Å². The van der Waals surface area contributed by atoms with Gasteiger partial charge < -0.3 is 25.8 Å². The maximum atomic E-state index is 12.3. The van der Waals surface area contributed by atoms with Crippen molar-refractivity contribution in [1.29, 1.82) is 5.41 Å². The number of hydrogen-bond donors (Lipinski definition) is 5. The van der Waals surface area contributed by atoms with Crippen LogP contribution >= 0.6 is 0 Å². The second-order valence-corrected chi connectivity index (χ2v) is 7.05. The Labute approximate surface area is 175 Å². The highest BCUT2D eigenvalue weighted by molar-refractivity contribution is 5.81. The number of nitrogens with one attached hydrogen (secondary N) is 4. The minimum Gasteiger partial charge on any atom is -0.480 e. The number of ether oxygens (including phenoxy) is 1. The first kappa shape index (κ1) is 21.2. The van der Waals surface area contributed by atoms with Crippen molar-refractivity contribution in [3.8, 4) is 11.1 Å². The molecule has 2 aromatic rings. The summed E-state index contributed by atoms with van der Waals surface area (Å²) in [4.78, 5) is 23.7. The molecule has 0 saturated heterocycles. The SMILES string of the molecule is CNC(=N)NCCC[C@@H](NC(=O)OCC1c2ccccc2-c2ccccc21)C(=O)O. The molecular formula is C22H26N4O4. The van der Waals surface area contributed by atoms with E-state index in [9.17, 15) is 14.7 Å². The number of aliphatic carboxylic acids is 1. The molecule has 3 rings (SSSR count). The number of carboxylic acids is 1. The lowest BCUT2D eigenvalue weighted by Crippen LogP contribution is -2.42. The van der Waals surface area contributed by atoms with Crippen LogP contribution in [0, 0.1) is 5.41 Å². The molecule has 0 fully saturated rings. The molecule has 0 heterocycles. The summed E-state index contributed by atoms with van der Waals surface area (Å²) in [5, 5.41) is 24.7. The molecule has 158 valence electrons. The number of rotatable bonds is 8. The summed E-state index contributed by atoms with van der Waals surface area (Å²) in [6, 6.07) is 15.0. The minimum absolute atomic E-state index is 0.0804. The third kappa shape index (κ3) is 4.89. The van der Waals surface area contributed by atoms with E-state index in [2.05, 4.69) is 28.1 Å². The lowest BCUT2D eigenvalue weighted by Gasteiger charge is -2.17. The molecule has 0 spiro atoms. The van der Waals surface area contributed by atoms with Crippen LogP contribution in [0.25, 0.3) is 11.1 Å². The van der Waals surface area contributed by atoms with E-state index in [0.29, 0.717) is 13.0 Å². The van der Waals surface area contributed by atoms with Crippen LogP contribution in [0.1, 0.15) is 29.9 Å². The number of benzene rings is 2. The lowest BCUT2D eigenvalue weighted by molar-refractivity contribution is -0.139. The second kappa shape index (κ2) is 9.78. The lowest BCUT2D eigenvalue weighted by atomic mass is 9.98. The Morgan fingerprint density at radius 1 is 1.10 bits per heavy atom. The summed E-state index contributed by atoms with van der Waals surface area (Å²) in [7, 11) is 1.62. The maximum Gasteiger partial charge on any atom is 0.407 e. The van der Waals surface area contributed by atoms with Gasteiger partial charge in [-0.15, -0.1) is 0 Å². The number of fused-ring (bicyclic) bond motifs is 3. The number of alkyl carbamates (subject to hydrolysis) is 1. The topological polar surface area (TPSA) is 124 Å². The van der Waals surface area contributed by atoms with Crippen molar-refractivity contribution in [2.24, 2.45) is 0 Å². The molecule has 1 amide bonds. The van der Waals surface area contributed by atoms with Gasteiger partial charge in [0.05, 0.1) is 0 Å². The van der Waals surface area contributed by atoms with Crippen LogP contribution in [0.15, 0.2) is 48.5 Å². The molecule has 0 unspecified atom stereocenters. The van der Waals surface area contributed by atoms with Crippen molar-refractivity contribution in [1.82, 2.24) is 16.0 Å². The smallest absolute Gasteiger partial charge is 0.407 e. The zero-order chi connectivity index (χ0) is 21.5. The predicted molar refractivity (Wildman–Crippen MR) is 114 cm³/mol. The number of guanidine groups is 1. The molecule has 1 atom stereocenters. The largest absolute Gasteiger partial charge is 0.480 e. The van der Waals surface area contributed by atoms with E-state index >= 15 is 0 Å². The molecule has 1 aliphatic carbocycles. The van der Waals surface area contributed by atoms with Crippen LogP contribution in [-0.2, 0) is 9.53 Å². The van der Waals surface area contributed by atoms with Gasteiger partial charge in [-0.25, -0.2) is 9.59 Å². The Bertz CT molecular complexity index is 885.